The molecule has 1 aliphatic rings. The Kier molecular flexibility index (Phi) is 4.68. The summed E-state index contributed by atoms with van der Waals surface area (Å²) >= 11 is 0. The highest BCUT2D eigenvalue weighted by molar-refractivity contribution is 5.85. The van der Waals surface area contributed by atoms with Gasteiger partial charge in [-0.2, -0.15) is 0 Å². The predicted octanol–water partition coefficient (Wildman–Crippen LogP) is -0.355. The third kappa shape index (κ3) is 3.90. The summed E-state index contributed by atoms with van der Waals surface area (Å²) in [6.45, 7) is 0.153. The number of rotatable bonds is 5. The second-order valence-corrected chi connectivity index (χ2v) is 4.00. The summed E-state index contributed by atoms with van der Waals surface area (Å²) in [4.78, 5) is 33.2. The zero-order chi connectivity index (χ0) is 12.8. The molecule has 0 heterocycles. The van der Waals surface area contributed by atoms with Crippen molar-refractivity contribution in [3.63, 3.8) is 0 Å². The zero-order valence-corrected chi connectivity index (χ0v) is 9.39. The van der Waals surface area contributed by atoms with E-state index in [1.54, 1.807) is 12.2 Å². The van der Waals surface area contributed by atoms with Gasteiger partial charge in [0, 0.05) is 13.0 Å². The molecular formula is C11H16N2O4. The lowest BCUT2D eigenvalue weighted by Gasteiger charge is -2.24. The summed E-state index contributed by atoms with van der Waals surface area (Å²) in [5.74, 6) is -3.05. The van der Waals surface area contributed by atoms with Crippen LogP contribution in [-0.4, -0.2) is 29.4 Å². The van der Waals surface area contributed by atoms with Crippen LogP contribution in [0.25, 0.3) is 0 Å². The van der Waals surface area contributed by atoms with E-state index in [0.29, 0.717) is 12.8 Å². The molecule has 0 aliphatic heterocycles. The average Bonchev–Trinajstić information content (AvgIpc) is 2.28. The van der Waals surface area contributed by atoms with E-state index in [0.717, 1.165) is 0 Å². The molecule has 4 N–H and O–H groups in total. The molecule has 0 aromatic carbocycles. The molecule has 6 heteroatoms. The van der Waals surface area contributed by atoms with Crippen molar-refractivity contribution in [1.82, 2.24) is 5.32 Å². The standard InChI is InChI=1S/C11H16N2O4/c12-9(14)5-6-13-10(15)7-3-1-2-4-8(7)11(16)17/h1-2,7-8H,3-6H2,(H2,12,14)(H,13,15)(H,16,17)/t7-,8-/m1/s1. The van der Waals surface area contributed by atoms with E-state index in [1.165, 1.54) is 0 Å². The van der Waals surface area contributed by atoms with Gasteiger partial charge in [0.25, 0.3) is 0 Å². The summed E-state index contributed by atoms with van der Waals surface area (Å²) in [5.41, 5.74) is 4.94. The van der Waals surface area contributed by atoms with Crippen LogP contribution in [0.1, 0.15) is 19.3 Å². The van der Waals surface area contributed by atoms with E-state index in [9.17, 15) is 14.4 Å². The summed E-state index contributed by atoms with van der Waals surface area (Å²) in [5, 5.41) is 11.5. The van der Waals surface area contributed by atoms with Crippen molar-refractivity contribution in [2.24, 2.45) is 17.6 Å². The first-order valence-electron chi connectivity index (χ1n) is 5.46. The van der Waals surface area contributed by atoms with E-state index >= 15 is 0 Å². The van der Waals surface area contributed by atoms with Gasteiger partial charge in [-0.25, -0.2) is 0 Å². The van der Waals surface area contributed by atoms with Gasteiger partial charge in [-0.15, -0.1) is 0 Å². The molecule has 0 spiro atoms. The number of hydrogen-bond acceptors (Lipinski definition) is 3. The smallest absolute Gasteiger partial charge is 0.307 e. The fraction of sp³-hybridized carbons (Fsp3) is 0.545. The number of carboxylic acids is 1. The maximum atomic E-state index is 11.7. The first kappa shape index (κ1) is 13.2. The number of hydrogen-bond donors (Lipinski definition) is 3. The molecule has 0 aromatic rings. The summed E-state index contributed by atoms with van der Waals surface area (Å²) in [6, 6.07) is 0. The molecule has 0 aromatic heterocycles. The second-order valence-electron chi connectivity index (χ2n) is 4.00. The molecule has 17 heavy (non-hydrogen) atoms. The summed E-state index contributed by atoms with van der Waals surface area (Å²) in [7, 11) is 0. The molecule has 0 saturated heterocycles. The molecule has 2 atom stereocenters. The van der Waals surface area contributed by atoms with Crippen LogP contribution >= 0.6 is 0 Å². The van der Waals surface area contributed by atoms with Gasteiger partial charge in [0.15, 0.2) is 0 Å². The normalized spacial score (nSPS) is 23.1. The Morgan fingerprint density at radius 3 is 2.35 bits per heavy atom. The van der Waals surface area contributed by atoms with Crippen LogP contribution in [0.15, 0.2) is 12.2 Å². The van der Waals surface area contributed by atoms with Crippen LogP contribution in [0.5, 0.6) is 0 Å². The SMILES string of the molecule is NC(=O)CCNC(=O)[C@@H]1CC=CC[C@H]1C(=O)O. The van der Waals surface area contributed by atoms with Crippen molar-refractivity contribution >= 4 is 17.8 Å². The first-order chi connectivity index (χ1) is 8.02. The topological polar surface area (TPSA) is 109 Å². The summed E-state index contributed by atoms with van der Waals surface area (Å²) in [6.07, 6.45) is 4.42. The highest BCUT2D eigenvalue weighted by Gasteiger charge is 2.33. The Balaban J connectivity index is 2.51. The molecule has 2 amide bonds. The minimum atomic E-state index is -0.968. The van der Waals surface area contributed by atoms with Crippen LogP contribution in [-0.2, 0) is 14.4 Å². The maximum absolute atomic E-state index is 11.7. The molecule has 94 valence electrons. The van der Waals surface area contributed by atoms with Crippen LogP contribution < -0.4 is 11.1 Å². The van der Waals surface area contributed by atoms with Crippen molar-refractivity contribution in [3.8, 4) is 0 Å². The third-order valence-corrected chi connectivity index (χ3v) is 2.76. The lowest BCUT2D eigenvalue weighted by molar-refractivity contribution is -0.147. The van der Waals surface area contributed by atoms with E-state index in [-0.39, 0.29) is 18.9 Å². The van der Waals surface area contributed by atoms with E-state index < -0.39 is 23.7 Å². The van der Waals surface area contributed by atoms with Crippen LogP contribution in [0.2, 0.25) is 0 Å². The number of allylic oxidation sites excluding steroid dienone is 2. The molecule has 6 nitrogen and oxygen atoms in total. The van der Waals surface area contributed by atoms with Gasteiger partial charge in [0.2, 0.25) is 11.8 Å². The van der Waals surface area contributed by atoms with Gasteiger partial charge in [0.05, 0.1) is 11.8 Å². The Labute approximate surface area is 98.9 Å². The zero-order valence-electron chi connectivity index (χ0n) is 9.39. The van der Waals surface area contributed by atoms with Crippen molar-refractivity contribution in [3.05, 3.63) is 12.2 Å². The molecule has 0 radical (unpaired) electrons. The number of carbonyl (C=O) groups is 3. The van der Waals surface area contributed by atoms with Crippen molar-refractivity contribution in [2.45, 2.75) is 19.3 Å². The van der Waals surface area contributed by atoms with Crippen molar-refractivity contribution in [2.75, 3.05) is 6.54 Å². The van der Waals surface area contributed by atoms with Gasteiger partial charge in [-0.05, 0) is 12.8 Å². The van der Waals surface area contributed by atoms with E-state index in [1.807, 2.05) is 0 Å². The Morgan fingerprint density at radius 1 is 1.24 bits per heavy atom. The molecule has 1 aliphatic carbocycles. The highest BCUT2D eigenvalue weighted by atomic mass is 16.4. The van der Waals surface area contributed by atoms with E-state index in [2.05, 4.69) is 5.32 Å². The fourth-order valence-electron chi connectivity index (χ4n) is 1.82. The van der Waals surface area contributed by atoms with Crippen LogP contribution in [0.4, 0.5) is 0 Å². The minimum Gasteiger partial charge on any atom is -0.481 e. The number of carbonyl (C=O) groups excluding carboxylic acids is 2. The highest BCUT2D eigenvalue weighted by Crippen LogP contribution is 2.25. The Morgan fingerprint density at radius 2 is 1.82 bits per heavy atom. The number of carboxylic acid groups (broad SMARTS) is 1. The van der Waals surface area contributed by atoms with Gasteiger partial charge >= 0.3 is 5.97 Å². The van der Waals surface area contributed by atoms with Gasteiger partial charge in [0.1, 0.15) is 0 Å². The second kappa shape index (κ2) is 6.03. The van der Waals surface area contributed by atoms with Crippen LogP contribution in [0, 0.1) is 11.8 Å². The number of primary amides is 1. The van der Waals surface area contributed by atoms with E-state index in [4.69, 9.17) is 10.8 Å². The number of nitrogens with one attached hydrogen (secondary N) is 1. The number of nitrogens with two attached hydrogens (primary N) is 1. The fourth-order valence-corrected chi connectivity index (χ4v) is 1.82. The monoisotopic (exact) mass is 240 g/mol. The predicted molar refractivity (Wildman–Crippen MR) is 59.8 cm³/mol. The number of aliphatic carboxylic acids is 1. The number of amides is 2. The lowest BCUT2D eigenvalue weighted by atomic mass is 9.82. The molecule has 0 fully saturated rings. The van der Waals surface area contributed by atoms with Gasteiger partial charge < -0.3 is 16.2 Å². The third-order valence-electron chi connectivity index (χ3n) is 2.76. The molecule has 0 saturated carbocycles. The van der Waals surface area contributed by atoms with Crippen LogP contribution in [0.3, 0.4) is 0 Å². The largest absolute Gasteiger partial charge is 0.481 e. The molecular weight excluding hydrogens is 224 g/mol. The van der Waals surface area contributed by atoms with Gasteiger partial charge in [-0.1, -0.05) is 12.2 Å². The Hall–Kier alpha value is -1.85. The summed E-state index contributed by atoms with van der Waals surface area (Å²) < 4.78 is 0. The van der Waals surface area contributed by atoms with Gasteiger partial charge in [-0.3, -0.25) is 14.4 Å². The molecule has 0 bridgehead atoms. The Bertz CT molecular complexity index is 351. The van der Waals surface area contributed by atoms with Crippen molar-refractivity contribution in [1.29, 1.82) is 0 Å². The molecule has 0 unspecified atom stereocenters. The molecule has 1 rings (SSSR count). The maximum Gasteiger partial charge on any atom is 0.307 e. The van der Waals surface area contributed by atoms with Crippen molar-refractivity contribution < 1.29 is 19.5 Å². The minimum absolute atomic E-state index is 0.0615. The lowest BCUT2D eigenvalue weighted by Crippen LogP contribution is -2.39. The average molecular weight is 240 g/mol. The quantitative estimate of drug-likeness (QED) is 0.570. The first-order valence-corrected chi connectivity index (χ1v) is 5.46.